The van der Waals surface area contributed by atoms with Crippen LogP contribution in [0.5, 0.6) is 0 Å². The molecule has 2 aliphatic rings. The molecule has 2 fully saturated rings. The van der Waals surface area contributed by atoms with Crippen LogP contribution in [0.2, 0.25) is 0 Å². The maximum absolute atomic E-state index is 14.3. The number of nitriles is 1. The largest absolute Gasteiger partial charge is 0.367 e. The number of piperazine rings is 2. The Labute approximate surface area is 134 Å². The van der Waals surface area contributed by atoms with E-state index < -0.39 is 0 Å². The van der Waals surface area contributed by atoms with Gasteiger partial charge in [-0.25, -0.2) is 8.91 Å². The van der Waals surface area contributed by atoms with Gasteiger partial charge in [-0.3, -0.25) is 4.90 Å². The molecule has 23 heavy (non-hydrogen) atoms. The number of anilines is 1. The van der Waals surface area contributed by atoms with Crippen LogP contribution in [0.3, 0.4) is 0 Å². The summed E-state index contributed by atoms with van der Waals surface area (Å²) >= 11 is 0. The Morgan fingerprint density at radius 1 is 1.39 bits per heavy atom. The van der Waals surface area contributed by atoms with Crippen molar-refractivity contribution >= 4 is 11.2 Å². The summed E-state index contributed by atoms with van der Waals surface area (Å²) in [6.45, 7) is 6.96. The number of pyridine rings is 1. The van der Waals surface area contributed by atoms with Crippen molar-refractivity contribution in [2.24, 2.45) is 0 Å². The van der Waals surface area contributed by atoms with Crippen LogP contribution in [-0.2, 0) is 0 Å². The first-order valence-corrected chi connectivity index (χ1v) is 7.97. The van der Waals surface area contributed by atoms with Gasteiger partial charge < -0.3 is 10.2 Å². The molecule has 2 atom stereocenters. The molecule has 0 amide bonds. The monoisotopic (exact) mass is 314 g/mol. The molecule has 6 nitrogen and oxygen atoms in total. The Kier molecular flexibility index (Phi) is 3.43. The highest BCUT2D eigenvalue weighted by Crippen LogP contribution is 2.29. The lowest BCUT2D eigenvalue weighted by atomic mass is 10.0. The highest BCUT2D eigenvalue weighted by atomic mass is 19.1. The number of halogens is 1. The molecule has 1 N–H and O–H groups in total. The number of fused-ring (bicyclic) bond motifs is 2. The zero-order valence-electron chi connectivity index (χ0n) is 13.0. The molecule has 0 aliphatic carbocycles. The summed E-state index contributed by atoms with van der Waals surface area (Å²) in [5.74, 6) is -0.381. The number of nitrogens with zero attached hydrogens (tertiary/aromatic N) is 5. The van der Waals surface area contributed by atoms with Crippen LogP contribution in [0.4, 0.5) is 10.1 Å². The van der Waals surface area contributed by atoms with Crippen LogP contribution >= 0.6 is 0 Å². The van der Waals surface area contributed by atoms with Gasteiger partial charge >= 0.3 is 0 Å². The van der Waals surface area contributed by atoms with Crippen molar-refractivity contribution < 1.29 is 4.39 Å². The van der Waals surface area contributed by atoms with E-state index in [2.05, 4.69) is 33.2 Å². The van der Waals surface area contributed by atoms with E-state index >= 15 is 0 Å². The molecule has 2 aliphatic heterocycles. The lowest BCUT2D eigenvalue weighted by Gasteiger charge is -2.49. The van der Waals surface area contributed by atoms with Crippen LogP contribution in [0.25, 0.3) is 5.52 Å². The Bertz CT molecular complexity index is 779. The summed E-state index contributed by atoms with van der Waals surface area (Å²) in [5.41, 5.74) is 1.56. The number of nitrogens with one attached hydrogen (secondary N) is 1. The third kappa shape index (κ3) is 2.26. The van der Waals surface area contributed by atoms with E-state index in [4.69, 9.17) is 0 Å². The normalized spacial score (nSPS) is 25.3. The SMILES string of the molecule is C[C@@H]1CN(c2ccc(C#N)n3ncc(F)c23)C[C@@H]2CNCCN21. The van der Waals surface area contributed by atoms with Crippen molar-refractivity contribution in [3.05, 3.63) is 29.8 Å². The van der Waals surface area contributed by atoms with E-state index in [9.17, 15) is 9.65 Å². The smallest absolute Gasteiger partial charge is 0.171 e. The van der Waals surface area contributed by atoms with Crippen molar-refractivity contribution in [3.63, 3.8) is 0 Å². The van der Waals surface area contributed by atoms with Crippen LogP contribution in [-0.4, -0.2) is 59.3 Å². The second-order valence-electron chi connectivity index (χ2n) is 6.32. The summed E-state index contributed by atoms with van der Waals surface area (Å²) in [5, 5.41) is 16.6. The fourth-order valence-electron chi connectivity index (χ4n) is 3.86. The molecule has 2 aromatic rings. The first kappa shape index (κ1) is 14.4. The maximum atomic E-state index is 14.3. The molecule has 0 aromatic carbocycles. The van der Waals surface area contributed by atoms with E-state index in [0.717, 1.165) is 38.4 Å². The van der Waals surface area contributed by atoms with Crippen LogP contribution in [0.15, 0.2) is 18.3 Å². The van der Waals surface area contributed by atoms with Gasteiger partial charge in [-0.2, -0.15) is 10.4 Å². The molecule has 0 saturated carbocycles. The van der Waals surface area contributed by atoms with Crippen LogP contribution < -0.4 is 10.2 Å². The van der Waals surface area contributed by atoms with Gasteiger partial charge in [0.25, 0.3) is 0 Å². The molecule has 0 unspecified atom stereocenters. The standard InChI is InChI=1S/C16H19FN6/c1-11-9-21(10-13-7-19-4-5-22(11)13)15-3-2-12(6-18)23-16(15)14(17)8-20-23/h2-3,8,11,13,19H,4-5,7,9-10H2,1H3/t11-,13+/m1/s1. The topological polar surface area (TPSA) is 59.6 Å². The summed E-state index contributed by atoms with van der Waals surface area (Å²) in [6.07, 6.45) is 1.18. The second-order valence-corrected chi connectivity index (χ2v) is 6.32. The van der Waals surface area contributed by atoms with E-state index in [0.29, 0.717) is 23.3 Å². The molecule has 120 valence electrons. The van der Waals surface area contributed by atoms with E-state index in [-0.39, 0.29) is 5.82 Å². The predicted octanol–water partition coefficient (Wildman–Crippen LogP) is 0.827. The lowest BCUT2D eigenvalue weighted by molar-refractivity contribution is 0.0971. The number of rotatable bonds is 1. The molecule has 0 bridgehead atoms. The zero-order chi connectivity index (χ0) is 16.0. The predicted molar refractivity (Wildman–Crippen MR) is 84.9 cm³/mol. The molecule has 7 heteroatoms. The molecular weight excluding hydrogens is 295 g/mol. The molecule has 0 spiro atoms. The Morgan fingerprint density at radius 2 is 2.26 bits per heavy atom. The molecule has 2 aromatic heterocycles. The minimum Gasteiger partial charge on any atom is -0.367 e. The number of aromatic nitrogens is 2. The van der Waals surface area contributed by atoms with Gasteiger partial charge in [-0.15, -0.1) is 0 Å². The average molecular weight is 314 g/mol. The first-order chi connectivity index (χ1) is 11.2. The lowest BCUT2D eigenvalue weighted by Crippen LogP contribution is -2.64. The Morgan fingerprint density at radius 3 is 3.09 bits per heavy atom. The fourth-order valence-corrected chi connectivity index (χ4v) is 3.86. The number of hydrogen-bond donors (Lipinski definition) is 1. The van der Waals surface area contributed by atoms with Crippen molar-refractivity contribution in [1.29, 1.82) is 5.26 Å². The number of hydrogen-bond acceptors (Lipinski definition) is 5. The molecule has 2 saturated heterocycles. The van der Waals surface area contributed by atoms with E-state index in [1.165, 1.54) is 10.7 Å². The third-order valence-corrected chi connectivity index (χ3v) is 4.93. The molecule has 4 rings (SSSR count). The molecular formula is C16H19FN6. The highest BCUT2D eigenvalue weighted by Gasteiger charge is 2.34. The first-order valence-electron chi connectivity index (χ1n) is 7.97. The van der Waals surface area contributed by atoms with Crippen molar-refractivity contribution in [1.82, 2.24) is 19.8 Å². The maximum Gasteiger partial charge on any atom is 0.171 e. The molecule has 4 heterocycles. The summed E-state index contributed by atoms with van der Waals surface area (Å²) < 4.78 is 15.7. The Hall–Kier alpha value is -2.17. The zero-order valence-corrected chi connectivity index (χ0v) is 13.0. The van der Waals surface area contributed by atoms with Gasteiger partial charge in [-0.05, 0) is 19.1 Å². The van der Waals surface area contributed by atoms with Crippen LogP contribution in [0, 0.1) is 17.1 Å². The second kappa shape index (κ2) is 5.48. The van der Waals surface area contributed by atoms with Crippen molar-refractivity contribution in [3.8, 4) is 6.07 Å². The third-order valence-electron chi connectivity index (χ3n) is 4.93. The van der Waals surface area contributed by atoms with Gasteiger partial charge in [0.1, 0.15) is 17.3 Å². The Balaban J connectivity index is 1.75. The molecule has 0 radical (unpaired) electrons. The minimum atomic E-state index is -0.381. The van der Waals surface area contributed by atoms with Gasteiger partial charge in [0, 0.05) is 44.8 Å². The van der Waals surface area contributed by atoms with Gasteiger partial charge in [0.05, 0.1) is 11.9 Å². The average Bonchev–Trinajstić information content (AvgIpc) is 2.96. The van der Waals surface area contributed by atoms with Gasteiger partial charge in [-0.1, -0.05) is 0 Å². The quantitative estimate of drug-likeness (QED) is 0.845. The van der Waals surface area contributed by atoms with E-state index in [1.54, 1.807) is 6.07 Å². The highest BCUT2D eigenvalue weighted by molar-refractivity contribution is 5.74. The van der Waals surface area contributed by atoms with Crippen LogP contribution in [0.1, 0.15) is 12.6 Å². The minimum absolute atomic E-state index is 0.346. The summed E-state index contributed by atoms with van der Waals surface area (Å²) in [6, 6.07) is 6.46. The van der Waals surface area contributed by atoms with Gasteiger partial charge in [0.2, 0.25) is 0 Å². The van der Waals surface area contributed by atoms with E-state index in [1.807, 2.05) is 6.07 Å². The van der Waals surface area contributed by atoms with Crippen molar-refractivity contribution in [2.75, 3.05) is 37.6 Å². The summed E-state index contributed by atoms with van der Waals surface area (Å²) in [7, 11) is 0. The van der Waals surface area contributed by atoms with Crippen molar-refractivity contribution in [2.45, 2.75) is 19.0 Å². The summed E-state index contributed by atoms with van der Waals surface area (Å²) in [4.78, 5) is 4.75. The van der Waals surface area contributed by atoms with Gasteiger partial charge in [0.15, 0.2) is 5.82 Å². The fraction of sp³-hybridized carbons (Fsp3) is 0.500.